The molecule has 0 amide bonds. The second-order valence-electron chi connectivity index (χ2n) is 2.39. The molecule has 1 atom stereocenters. The first kappa shape index (κ1) is 10.7. The maximum absolute atomic E-state index is 11.5. The van der Waals surface area contributed by atoms with Gasteiger partial charge < -0.3 is 5.73 Å². The lowest BCUT2D eigenvalue weighted by molar-refractivity contribution is -0.136. The van der Waals surface area contributed by atoms with E-state index in [2.05, 4.69) is 0 Å². The highest BCUT2D eigenvalue weighted by Gasteiger charge is 2.27. The first-order valence-electron chi connectivity index (χ1n) is 3.34. The summed E-state index contributed by atoms with van der Waals surface area (Å²) >= 11 is 0. The van der Waals surface area contributed by atoms with Crippen molar-refractivity contribution in [1.82, 2.24) is 0 Å². The summed E-state index contributed by atoms with van der Waals surface area (Å²) < 4.78 is 46.0. The van der Waals surface area contributed by atoms with E-state index in [1.54, 1.807) is 0 Å². The van der Waals surface area contributed by atoms with Crippen LogP contribution >= 0.6 is 0 Å². The van der Waals surface area contributed by atoms with Gasteiger partial charge in [0.25, 0.3) is 0 Å². The summed E-state index contributed by atoms with van der Waals surface area (Å²) in [6, 6.07) is -0.665. The zero-order valence-corrected chi connectivity index (χ0v) is 5.99. The number of halogens is 4. The van der Waals surface area contributed by atoms with Crippen LogP contribution in [0.25, 0.3) is 0 Å². The molecule has 0 aliphatic rings. The number of rotatable bonds is 4. The smallest absolute Gasteiger partial charge is 0.328 e. The molecular weight excluding hydrogens is 162 g/mol. The van der Waals surface area contributed by atoms with Gasteiger partial charge in [-0.3, -0.25) is 4.39 Å². The molecular formula is C6H11F4N. The van der Waals surface area contributed by atoms with E-state index in [0.717, 1.165) is 0 Å². The minimum absolute atomic E-state index is 0.0100. The van der Waals surface area contributed by atoms with Crippen LogP contribution in [0.15, 0.2) is 0 Å². The quantitative estimate of drug-likeness (QED) is 0.646. The summed E-state index contributed by atoms with van der Waals surface area (Å²) in [6.45, 7) is -0.654. The average molecular weight is 173 g/mol. The first-order chi connectivity index (χ1) is 4.95. The zero-order valence-electron chi connectivity index (χ0n) is 5.99. The molecule has 68 valence electrons. The Morgan fingerprint density at radius 2 is 1.73 bits per heavy atom. The van der Waals surface area contributed by atoms with E-state index in [1.165, 1.54) is 0 Å². The Bertz CT molecular complexity index is 101. The highest BCUT2D eigenvalue weighted by atomic mass is 19.4. The van der Waals surface area contributed by atoms with Gasteiger partial charge in [-0.2, -0.15) is 13.2 Å². The Kier molecular flexibility index (Phi) is 4.40. The molecule has 0 radical (unpaired) electrons. The minimum Gasteiger partial charge on any atom is -0.328 e. The first-order valence-corrected chi connectivity index (χ1v) is 3.34. The van der Waals surface area contributed by atoms with Gasteiger partial charge in [-0.15, -0.1) is 0 Å². The molecule has 0 saturated heterocycles. The van der Waals surface area contributed by atoms with Crippen molar-refractivity contribution in [3.05, 3.63) is 0 Å². The van der Waals surface area contributed by atoms with Gasteiger partial charge >= 0.3 is 6.18 Å². The third kappa shape index (κ3) is 7.58. The second-order valence-corrected chi connectivity index (χ2v) is 2.39. The molecule has 0 fully saturated rings. The van der Waals surface area contributed by atoms with Gasteiger partial charge in [0.05, 0.1) is 6.67 Å². The maximum Gasteiger partial charge on any atom is 0.389 e. The predicted octanol–water partition coefficient (Wildman–Crippen LogP) is 2.02. The monoisotopic (exact) mass is 173 g/mol. The van der Waals surface area contributed by atoms with E-state index in [4.69, 9.17) is 5.73 Å². The molecule has 0 aromatic heterocycles. The van der Waals surface area contributed by atoms with E-state index in [-0.39, 0.29) is 12.8 Å². The lowest BCUT2D eigenvalue weighted by Gasteiger charge is -2.10. The molecule has 0 aliphatic heterocycles. The summed E-state index contributed by atoms with van der Waals surface area (Å²) in [5, 5.41) is 0. The molecule has 0 saturated carbocycles. The molecule has 11 heavy (non-hydrogen) atoms. The Balaban J connectivity index is 3.38. The summed E-state index contributed by atoms with van der Waals surface area (Å²) in [7, 11) is 0. The Morgan fingerprint density at radius 3 is 2.09 bits per heavy atom. The summed E-state index contributed by atoms with van der Waals surface area (Å²) in [5.41, 5.74) is 5.15. The van der Waals surface area contributed by atoms with E-state index in [1.807, 2.05) is 0 Å². The van der Waals surface area contributed by atoms with Gasteiger partial charge in [0, 0.05) is 12.5 Å². The minimum atomic E-state index is -4.17. The standard InChI is InChI=1S/C6H11F4N/c7-4-2-5(11)1-3-6(8,9)10/h5H,1-4,11H2. The van der Waals surface area contributed by atoms with Crippen molar-refractivity contribution in [3.63, 3.8) is 0 Å². The molecule has 0 heterocycles. The Hall–Kier alpha value is -0.320. The molecule has 0 rings (SSSR count). The summed E-state index contributed by atoms with van der Waals surface area (Å²) in [5.74, 6) is 0. The van der Waals surface area contributed by atoms with Crippen LogP contribution < -0.4 is 5.73 Å². The molecule has 5 heteroatoms. The number of hydrogen-bond acceptors (Lipinski definition) is 1. The third-order valence-electron chi connectivity index (χ3n) is 1.28. The average Bonchev–Trinajstić information content (AvgIpc) is 1.83. The van der Waals surface area contributed by atoms with Crippen molar-refractivity contribution in [2.75, 3.05) is 6.67 Å². The molecule has 0 spiro atoms. The van der Waals surface area contributed by atoms with Crippen molar-refractivity contribution < 1.29 is 17.6 Å². The highest BCUT2D eigenvalue weighted by Crippen LogP contribution is 2.22. The van der Waals surface area contributed by atoms with Crippen molar-refractivity contribution in [1.29, 1.82) is 0 Å². The number of hydrogen-bond donors (Lipinski definition) is 1. The SMILES string of the molecule is NC(CCF)CCC(F)(F)F. The molecule has 1 nitrogen and oxygen atoms in total. The van der Waals surface area contributed by atoms with E-state index in [0.29, 0.717) is 0 Å². The van der Waals surface area contributed by atoms with Gasteiger partial charge in [0.1, 0.15) is 0 Å². The fourth-order valence-corrected chi connectivity index (χ4v) is 0.634. The van der Waals surface area contributed by atoms with Crippen LogP contribution in [0, 0.1) is 0 Å². The van der Waals surface area contributed by atoms with Crippen LogP contribution in [0.2, 0.25) is 0 Å². The van der Waals surface area contributed by atoms with Crippen LogP contribution in [-0.4, -0.2) is 18.9 Å². The largest absolute Gasteiger partial charge is 0.389 e. The molecule has 0 aromatic rings. The van der Waals surface area contributed by atoms with Crippen LogP contribution in [0.1, 0.15) is 19.3 Å². The van der Waals surface area contributed by atoms with E-state index < -0.39 is 25.3 Å². The van der Waals surface area contributed by atoms with Crippen molar-refractivity contribution in [3.8, 4) is 0 Å². The molecule has 0 aromatic carbocycles. The highest BCUT2D eigenvalue weighted by molar-refractivity contribution is 4.63. The van der Waals surface area contributed by atoms with Gasteiger partial charge in [0.2, 0.25) is 0 Å². The fourth-order valence-electron chi connectivity index (χ4n) is 0.634. The van der Waals surface area contributed by atoms with E-state index >= 15 is 0 Å². The predicted molar refractivity (Wildman–Crippen MR) is 33.9 cm³/mol. The van der Waals surface area contributed by atoms with Gasteiger partial charge in [0.15, 0.2) is 0 Å². The number of alkyl halides is 4. The topological polar surface area (TPSA) is 26.0 Å². The van der Waals surface area contributed by atoms with Gasteiger partial charge in [-0.25, -0.2) is 0 Å². The Labute approximate surface area is 62.6 Å². The van der Waals surface area contributed by atoms with Gasteiger partial charge in [-0.1, -0.05) is 0 Å². The second kappa shape index (κ2) is 4.54. The van der Waals surface area contributed by atoms with Crippen molar-refractivity contribution >= 4 is 0 Å². The van der Waals surface area contributed by atoms with Crippen molar-refractivity contribution in [2.45, 2.75) is 31.5 Å². The number of nitrogens with two attached hydrogens (primary N) is 1. The zero-order chi connectivity index (χ0) is 8.91. The van der Waals surface area contributed by atoms with Crippen LogP contribution in [-0.2, 0) is 0 Å². The third-order valence-corrected chi connectivity index (χ3v) is 1.28. The normalized spacial score (nSPS) is 15.0. The van der Waals surface area contributed by atoms with Crippen LogP contribution in [0.3, 0.4) is 0 Å². The molecule has 2 N–H and O–H groups in total. The van der Waals surface area contributed by atoms with Crippen molar-refractivity contribution in [2.24, 2.45) is 5.73 Å². The van der Waals surface area contributed by atoms with Gasteiger partial charge in [-0.05, 0) is 12.8 Å². The van der Waals surface area contributed by atoms with Crippen LogP contribution in [0.4, 0.5) is 17.6 Å². The van der Waals surface area contributed by atoms with E-state index in [9.17, 15) is 17.6 Å². The van der Waals surface area contributed by atoms with Crippen LogP contribution in [0.5, 0.6) is 0 Å². The summed E-state index contributed by atoms with van der Waals surface area (Å²) in [4.78, 5) is 0. The lowest BCUT2D eigenvalue weighted by atomic mass is 10.1. The maximum atomic E-state index is 11.5. The fraction of sp³-hybridized carbons (Fsp3) is 1.00. The molecule has 0 bridgehead atoms. The Morgan fingerprint density at radius 1 is 1.18 bits per heavy atom. The lowest BCUT2D eigenvalue weighted by Crippen LogP contribution is -2.23. The molecule has 1 unspecified atom stereocenters. The molecule has 0 aliphatic carbocycles. The summed E-state index contributed by atoms with van der Waals surface area (Å²) in [6.07, 6.45) is -5.27.